The maximum atomic E-state index is 12.0. The molecule has 1 rings (SSSR count). The summed E-state index contributed by atoms with van der Waals surface area (Å²) in [4.78, 5) is 35.3. The SMILES string of the molecule is C#CCC(CC)NC(=O)N1CC(=O)NCC1C(=O)O. The molecule has 0 spiro atoms. The van der Waals surface area contributed by atoms with Crippen molar-refractivity contribution in [3.63, 3.8) is 0 Å². The molecule has 7 heteroatoms. The first-order valence-electron chi connectivity index (χ1n) is 5.99. The van der Waals surface area contributed by atoms with Gasteiger partial charge in [-0.15, -0.1) is 12.3 Å². The summed E-state index contributed by atoms with van der Waals surface area (Å²) in [6, 6.07) is -1.86. The van der Waals surface area contributed by atoms with Crippen LogP contribution in [0, 0.1) is 12.3 Å². The largest absolute Gasteiger partial charge is 0.480 e. The summed E-state index contributed by atoms with van der Waals surface area (Å²) in [7, 11) is 0. The molecule has 2 unspecified atom stereocenters. The van der Waals surface area contributed by atoms with Gasteiger partial charge in [0.15, 0.2) is 0 Å². The van der Waals surface area contributed by atoms with Gasteiger partial charge in [0.25, 0.3) is 0 Å². The second kappa shape index (κ2) is 6.64. The standard InChI is InChI=1S/C12H17N3O4/c1-3-5-8(4-2)14-12(19)15-7-10(16)13-6-9(15)11(17)18/h1,8-9H,4-7H2,2H3,(H,13,16)(H,14,19)(H,17,18). The minimum absolute atomic E-state index is 0.0898. The lowest BCUT2D eigenvalue weighted by atomic mass is 10.1. The van der Waals surface area contributed by atoms with Crippen LogP contribution in [0.1, 0.15) is 19.8 Å². The number of amides is 3. The van der Waals surface area contributed by atoms with Crippen molar-refractivity contribution in [1.82, 2.24) is 15.5 Å². The second-order valence-electron chi connectivity index (χ2n) is 4.25. The molecule has 0 aliphatic carbocycles. The molecule has 104 valence electrons. The van der Waals surface area contributed by atoms with E-state index in [0.717, 1.165) is 4.90 Å². The minimum atomic E-state index is -1.15. The molecule has 0 aromatic heterocycles. The number of piperazine rings is 1. The van der Waals surface area contributed by atoms with Gasteiger partial charge in [-0.2, -0.15) is 0 Å². The van der Waals surface area contributed by atoms with Gasteiger partial charge in [-0.3, -0.25) is 9.69 Å². The number of carbonyl (C=O) groups is 3. The Balaban J connectivity index is 2.73. The molecule has 1 fully saturated rings. The molecule has 1 aliphatic heterocycles. The molecular formula is C12H17N3O4. The number of nitrogens with one attached hydrogen (secondary N) is 2. The molecule has 0 aromatic rings. The maximum Gasteiger partial charge on any atom is 0.328 e. The number of aliphatic carboxylic acids is 1. The van der Waals surface area contributed by atoms with E-state index in [-0.39, 0.29) is 25.0 Å². The van der Waals surface area contributed by atoms with Gasteiger partial charge < -0.3 is 15.7 Å². The van der Waals surface area contributed by atoms with Gasteiger partial charge in [0.05, 0.1) is 0 Å². The predicted molar refractivity (Wildman–Crippen MR) is 67.2 cm³/mol. The van der Waals surface area contributed by atoms with Crippen LogP contribution in [0.15, 0.2) is 0 Å². The van der Waals surface area contributed by atoms with Crippen molar-refractivity contribution in [3.05, 3.63) is 0 Å². The predicted octanol–water partition coefficient (Wildman–Crippen LogP) is -0.617. The number of carboxylic acid groups (broad SMARTS) is 1. The maximum absolute atomic E-state index is 12.0. The van der Waals surface area contributed by atoms with Crippen molar-refractivity contribution in [2.45, 2.75) is 31.8 Å². The molecule has 3 amide bonds. The van der Waals surface area contributed by atoms with E-state index in [2.05, 4.69) is 16.6 Å². The Morgan fingerprint density at radius 1 is 1.68 bits per heavy atom. The van der Waals surface area contributed by atoms with Crippen LogP contribution >= 0.6 is 0 Å². The Labute approximate surface area is 111 Å². The summed E-state index contributed by atoms with van der Waals surface area (Å²) >= 11 is 0. The Kier molecular flexibility index (Phi) is 5.18. The van der Waals surface area contributed by atoms with Gasteiger partial charge in [0.1, 0.15) is 12.6 Å². The summed E-state index contributed by atoms with van der Waals surface area (Å²) in [5, 5.41) is 14.1. The Bertz CT molecular complexity index is 416. The molecule has 0 aromatic carbocycles. The minimum Gasteiger partial charge on any atom is -0.480 e. The van der Waals surface area contributed by atoms with E-state index < -0.39 is 18.0 Å². The van der Waals surface area contributed by atoms with E-state index in [1.807, 2.05) is 6.92 Å². The monoisotopic (exact) mass is 267 g/mol. The lowest BCUT2D eigenvalue weighted by Gasteiger charge is -2.33. The number of carboxylic acids is 1. The van der Waals surface area contributed by atoms with Crippen LogP contribution in [0.4, 0.5) is 4.79 Å². The smallest absolute Gasteiger partial charge is 0.328 e. The number of rotatable bonds is 4. The van der Waals surface area contributed by atoms with E-state index in [1.54, 1.807) is 0 Å². The van der Waals surface area contributed by atoms with Crippen LogP contribution in [0.5, 0.6) is 0 Å². The summed E-state index contributed by atoms with van der Waals surface area (Å²) < 4.78 is 0. The van der Waals surface area contributed by atoms with Crippen molar-refractivity contribution >= 4 is 17.9 Å². The highest BCUT2D eigenvalue weighted by Crippen LogP contribution is 2.06. The Hall–Kier alpha value is -2.23. The Morgan fingerprint density at radius 3 is 2.89 bits per heavy atom. The molecule has 7 nitrogen and oxygen atoms in total. The molecule has 1 saturated heterocycles. The van der Waals surface area contributed by atoms with Crippen LogP contribution in [0.25, 0.3) is 0 Å². The first kappa shape index (κ1) is 14.8. The number of carbonyl (C=O) groups excluding carboxylic acids is 2. The number of hydrogen-bond donors (Lipinski definition) is 3. The van der Waals surface area contributed by atoms with Crippen molar-refractivity contribution in [3.8, 4) is 12.3 Å². The number of hydrogen-bond acceptors (Lipinski definition) is 3. The summed E-state index contributed by atoms with van der Waals surface area (Å²) in [6.07, 6.45) is 6.18. The van der Waals surface area contributed by atoms with Gasteiger partial charge in [0, 0.05) is 19.0 Å². The first-order valence-corrected chi connectivity index (χ1v) is 5.99. The quantitative estimate of drug-likeness (QED) is 0.591. The number of terminal acetylenes is 1. The van der Waals surface area contributed by atoms with Crippen LogP contribution in [0.3, 0.4) is 0 Å². The van der Waals surface area contributed by atoms with E-state index in [9.17, 15) is 14.4 Å². The average molecular weight is 267 g/mol. The number of urea groups is 1. The average Bonchev–Trinajstić information content (AvgIpc) is 2.37. The number of nitrogens with zero attached hydrogens (tertiary/aromatic N) is 1. The van der Waals surface area contributed by atoms with Gasteiger partial charge in [-0.05, 0) is 6.42 Å². The van der Waals surface area contributed by atoms with E-state index >= 15 is 0 Å². The topological polar surface area (TPSA) is 98.7 Å². The van der Waals surface area contributed by atoms with Gasteiger partial charge >= 0.3 is 12.0 Å². The Morgan fingerprint density at radius 2 is 2.37 bits per heavy atom. The molecule has 3 N–H and O–H groups in total. The molecule has 19 heavy (non-hydrogen) atoms. The normalized spacial score (nSPS) is 20.1. The van der Waals surface area contributed by atoms with Gasteiger partial charge in [-0.25, -0.2) is 9.59 Å². The highest BCUT2D eigenvalue weighted by Gasteiger charge is 2.35. The van der Waals surface area contributed by atoms with Crippen LogP contribution in [-0.2, 0) is 9.59 Å². The third-order valence-electron chi connectivity index (χ3n) is 2.91. The third kappa shape index (κ3) is 3.88. The fourth-order valence-electron chi connectivity index (χ4n) is 1.77. The van der Waals surface area contributed by atoms with E-state index in [4.69, 9.17) is 11.5 Å². The van der Waals surface area contributed by atoms with Crippen LogP contribution < -0.4 is 10.6 Å². The third-order valence-corrected chi connectivity index (χ3v) is 2.91. The van der Waals surface area contributed by atoms with E-state index in [0.29, 0.717) is 12.8 Å². The van der Waals surface area contributed by atoms with E-state index in [1.165, 1.54) is 0 Å². The zero-order chi connectivity index (χ0) is 14.4. The highest BCUT2D eigenvalue weighted by molar-refractivity contribution is 5.90. The van der Waals surface area contributed by atoms with Crippen LogP contribution in [-0.4, -0.2) is 53.1 Å². The lowest BCUT2D eigenvalue weighted by Crippen LogP contribution is -2.62. The summed E-state index contributed by atoms with van der Waals surface area (Å²) in [5.41, 5.74) is 0. The molecule has 0 bridgehead atoms. The molecule has 1 aliphatic rings. The zero-order valence-corrected chi connectivity index (χ0v) is 10.7. The van der Waals surface area contributed by atoms with Crippen molar-refractivity contribution < 1.29 is 19.5 Å². The molecule has 0 saturated carbocycles. The lowest BCUT2D eigenvalue weighted by molar-refractivity contribution is -0.144. The van der Waals surface area contributed by atoms with Crippen molar-refractivity contribution in [2.24, 2.45) is 0 Å². The zero-order valence-electron chi connectivity index (χ0n) is 10.7. The fraction of sp³-hybridized carbons (Fsp3) is 0.583. The highest BCUT2D eigenvalue weighted by atomic mass is 16.4. The van der Waals surface area contributed by atoms with Gasteiger partial charge in [-0.1, -0.05) is 6.92 Å². The van der Waals surface area contributed by atoms with Crippen molar-refractivity contribution in [1.29, 1.82) is 0 Å². The van der Waals surface area contributed by atoms with Gasteiger partial charge in [0.2, 0.25) is 5.91 Å². The first-order chi connectivity index (χ1) is 8.99. The molecule has 2 atom stereocenters. The van der Waals surface area contributed by atoms with Crippen LogP contribution in [0.2, 0.25) is 0 Å². The summed E-state index contributed by atoms with van der Waals surface area (Å²) in [6.45, 7) is 1.50. The fourth-order valence-corrected chi connectivity index (χ4v) is 1.77. The van der Waals surface area contributed by atoms with Crippen molar-refractivity contribution in [2.75, 3.05) is 13.1 Å². The molecule has 0 radical (unpaired) electrons. The summed E-state index contributed by atoms with van der Waals surface area (Å²) in [5.74, 6) is 0.911. The molecular weight excluding hydrogens is 250 g/mol. The molecule has 1 heterocycles. The second-order valence-corrected chi connectivity index (χ2v) is 4.25.